The van der Waals surface area contributed by atoms with E-state index in [2.05, 4.69) is 5.32 Å². The van der Waals surface area contributed by atoms with Crippen molar-refractivity contribution in [3.8, 4) is 0 Å². The molecule has 2 heteroatoms. The third-order valence-corrected chi connectivity index (χ3v) is 4.22. The van der Waals surface area contributed by atoms with Crippen LogP contribution in [0.25, 0.3) is 0 Å². The van der Waals surface area contributed by atoms with Crippen LogP contribution in [-0.4, -0.2) is 6.04 Å². The van der Waals surface area contributed by atoms with Gasteiger partial charge in [0.2, 0.25) is 0 Å². The lowest BCUT2D eigenvalue weighted by Gasteiger charge is -2.30. The molecule has 2 aliphatic carbocycles. The van der Waals surface area contributed by atoms with Gasteiger partial charge < -0.3 is 5.32 Å². The van der Waals surface area contributed by atoms with Gasteiger partial charge in [-0.15, -0.1) is 0 Å². The van der Waals surface area contributed by atoms with Crippen molar-refractivity contribution in [3.05, 3.63) is 30.1 Å². The second-order valence-electron chi connectivity index (χ2n) is 5.61. The average molecular weight is 233 g/mol. The molecule has 0 spiro atoms. The van der Waals surface area contributed by atoms with Crippen molar-refractivity contribution in [1.82, 2.24) is 0 Å². The lowest BCUT2D eigenvalue weighted by atomic mass is 9.82. The lowest BCUT2D eigenvalue weighted by Crippen LogP contribution is -2.28. The van der Waals surface area contributed by atoms with Gasteiger partial charge in [-0.3, -0.25) is 0 Å². The maximum Gasteiger partial charge on any atom is 0.123 e. The van der Waals surface area contributed by atoms with Crippen LogP contribution in [-0.2, 0) is 0 Å². The number of anilines is 1. The molecule has 2 atom stereocenters. The SMILES string of the molecule is Fc1ccc(NC2CCCC(C3CC3)C2)cc1. The highest BCUT2D eigenvalue weighted by Gasteiger charge is 2.34. The van der Waals surface area contributed by atoms with Crippen molar-refractivity contribution in [2.24, 2.45) is 11.8 Å². The zero-order chi connectivity index (χ0) is 11.7. The Bertz CT molecular complexity index is 369. The Morgan fingerprint density at radius 3 is 2.41 bits per heavy atom. The molecule has 2 saturated carbocycles. The number of benzene rings is 1. The monoisotopic (exact) mass is 233 g/mol. The van der Waals surface area contributed by atoms with Gasteiger partial charge in [0.25, 0.3) is 0 Å². The van der Waals surface area contributed by atoms with Crippen molar-refractivity contribution in [2.75, 3.05) is 5.32 Å². The Kier molecular flexibility index (Phi) is 3.04. The van der Waals surface area contributed by atoms with Gasteiger partial charge in [-0.25, -0.2) is 4.39 Å². The average Bonchev–Trinajstić information content (AvgIpc) is 3.17. The third-order valence-electron chi connectivity index (χ3n) is 4.22. The summed E-state index contributed by atoms with van der Waals surface area (Å²) < 4.78 is 12.8. The molecule has 1 aromatic rings. The smallest absolute Gasteiger partial charge is 0.123 e. The van der Waals surface area contributed by atoms with Crippen LogP contribution in [0, 0.1) is 17.7 Å². The number of rotatable bonds is 3. The van der Waals surface area contributed by atoms with Gasteiger partial charge in [0.1, 0.15) is 5.82 Å². The van der Waals surface area contributed by atoms with E-state index in [0.717, 1.165) is 17.5 Å². The van der Waals surface area contributed by atoms with E-state index < -0.39 is 0 Å². The van der Waals surface area contributed by atoms with Crippen LogP contribution in [0.4, 0.5) is 10.1 Å². The topological polar surface area (TPSA) is 12.0 Å². The minimum atomic E-state index is -0.157. The highest BCUT2D eigenvalue weighted by Crippen LogP contribution is 2.44. The molecule has 0 amide bonds. The first kappa shape index (κ1) is 11.1. The van der Waals surface area contributed by atoms with Crippen LogP contribution >= 0.6 is 0 Å². The predicted molar refractivity (Wildman–Crippen MR) is 68.5 cm³/mol. The third kappa shape index (κ3) is 2.80. The van der Waals surface area contributed by atoms with Gasteiger partial charge in [-0.05, 0) is 61.8 Å². The number of halogens is 1. The molecule has 0 aliphatic heterocycles. The summed E-state index contributed by atoms with van der Waals surface area (Å²) in [7, 11) is 0. The Labute approximate surface area is 102 Å². The molecular formula is C15H20FN. The Morgan fingerprint density at radius 2 is 1.71 bits per heavy atom. The number of nitrogens with one attached hydrogen (secondary N) is 1. The van der Waals surface area contributed by atoms with Crippen LogP contribution in [0.5, 0.6) is 0 Å². The predicted octanol–water partition coefficient (Wildman–Crippen LogP) is 4.21. The Hall–Kier alpha value is -1.05. The molecular weight excluding hydrogens is 213 g/mol. The van der Waals surface area contributed by atoms with Crippen molar-refractivity contribution in [2.45, 2.75) is 44.6 Å². The van der Waals surface area contributed by atoms with E-state index >= 15 is 0 Å². The molecule has 1 N–H and O–H groups in total. The molecule has 1 aromatic carbocycles. The molecule has 0 radical (unpaired) electrons. The van der Waals surface area contributed by atoms with Gasteiger partial charge in [0.15, 0.2) is 0 Å². The minimum Gasteiger partial charge on any atom is -0.382 e. The first-order chi connectivity index (χ1) is 8.31. The standard InChI is InChI=1S/C15H20FN/c16-13-6-8-14(9-7-13)17-15-3-1-2-12(10-15)11-4-5-11/h6-9,11-12,15,17H,1-5,10H2. The van der Waals surface area contributed by atoms with Gasteiger partial charge in [-0.1, -0.05) is 12.8 Å². The summed E-state index contributed by atoms with van der Waals surface area (Å²) in [4.78, 5) is 0. The summed E-state index contributed by atoms with van der Waals surface area (Å²) in [6, 6.07) is 7.35. The molecule has 0 saturated heterocycles. The van der Waals surface area contributed by atoms with E-state index in [1.54, 1.807) is 0 Å². The molecule has 2 fully saturated rings. The fourth-order valence-electron chi connectivity index (χ4n) is 3.14. The van der Waals surface area contributed by atoms with Crippen LogP contribution in [0.15, 0.2) is 24.3 Å². The van der Waals surface area contributed by atoms with Gasteiger partial charge in [0, 0.05) is 11.7 Å². The highest BCUT2D eigenvalue weighted by atomic mass is 19.1. The lowest BCUT2D eigenvalue weighted by molar-refractivity contribution is 0.303. The van der Waals surface area contributed by atoms with Gasteiger partial charge in [0.05, 0.1) is 0 Å². The molecule has 0 aromatic heterocycles. The minimum absolute atomic E-state index is 0.157. The maximum atomic E-state index is 12.8. The van der Waals surface area contributed by atoms with E-state index in [1.165, 1.54) is 50.7 Å². The molecule has 0 bridgehead atoms. The zero-order valence-corrected chi connectivity index (χ0v) is 10.2. The summed E-state index contributed by atoms with van der Waals surface area (Å²) in [6.07, 6.45) is 8.25. The summed E-state index contributed by atoms with van der Waals surface area (Å²) in [6.45, 7) is 0. The number of hydrogen-bond donors (Lipinski definition) is 1. The Morgan fingerprint density at radius 1 is 0.941 bits per heavy atom. The van der Waals surface area contributed by atoms with E-state index in [0.29, 0.717) is 6.04 Å². The molecule has 1 nitrogen and oxygen atoms in total. The zero-order valence-electron chi connectivity index (χ0n) is 10.2. The quantitative estimate of drug-likeness (QED) is 0.824. The van der Waals surface area contributed by atoms with Crippen molar-refractivity contribution in [1.29, 1.82) is 0 Å². The fraction of sp³-hybridized carbons (Fsp3) is 0.600. The second-order valence-corrected chi connectivity index (χ2v) is 5.61. The summed E-state index contributed by atoms with van der Waals surface area (Å²) >= 11 is 0. The van der Waals surface area contributed by atoms with Crippen LogP contribution in [0.1, 0.15) is 38.5 Å². The van der Waals surface area contributed by atoms with Crippen LogP contribution in [0.3, 0.4) is 0 Å². The van der Waals surface area contributed by atoms with E-state index in [4.69, 9.17) is 0 Å². The normalized spacial score (nSPS) is 29.0. The van der Waals surface area contributed by atoms with Crippen LogP contribution in [0.2, 0.25) is 0 Å². The highest BCUT2D eigenvalue weighted by molar-refractivity contribution is 5.43. The van der Waals surface area contributed by atoms with Crippen LogP contribution < -0.4 is 5.32 Å². The molecule has 92 valence electrons. The van der Waals surface area contributed by atoms with Crippen molar-refractivity contribution < 1.29 is 4.39 Å². The summed E-state index contributed by atoms with van der Waals surface area (Å²) in [5, 5.41) is 3.55. The van der Waals surface area contributed by atoms with E-state index in [1.807, 2.05) is 12.1 Å². The molecule has 2 aliphatic rings. The molecule has 0 heterocycles. The largest absolute Gasteiger partial charge is 0.382 e. The maximum absolute atomic E-state index is 12.8. The Balaban J connectivity index is 1.58. The number of hydrogen-bond acceptors (Lipinski definition) is 1. The summed E-state index contributed by atoms with van der Waals surface area (Å²) in [5.41, 5.74) is 1.06. The van der Waals surface area contributed by atoms with Crippen molar-refractivity contribution in [3.63, 3.8) is 0 Å². The first-order valence-corrected chi connectivity index (χ1v) is 6.83. The molecule has 17 heavy (non-hydrogen) atoms. The van der Waals surface area contributed by atoms with E-state index in [9.17, 15) is 4.39 Å². The second kappa shape index (κ2) is 4.67. The first-order valence-electron chi connectivity index (χ1n) is 6.83. The van der Waals surface area contributed by atoms with Crippen molar-refractivity contribution >= 4 is 5.69 Å². The van der Waals surface area contributed by atoms with Gasteiger partial charge in [-0.2, -0.15) is 0 Å². The fourth-order valence-corrected chi connectivity index (χ4v) is 3.14. The summed E-state index contributed by atoms with van der Waals surface area (Å²) in [5.74, 6) is 1.81. The molecule has 3 rings (SSSR count). The molecule has 2 unspecified atom stereocenters. The van der Waals surface area contributed by atoms with Gasteiger partial charge >= 0.3 is 0 Å². The van der Waals surface area contributed by atoms with E-state index in [-0.39, 0.29) is 5.82 Å².